The normalized spacial score (nSPS) is 11.1. The monoisotopic (exact) mass is 251 g/mol. The molecule has 0 radical (unpaired) electrons. The standard InChI is InChI=1S/C10H9F4NO2/c1-2-9(16)15-6-3-4-8(7(11)5-6)17-10(12,13)14/h3-5H,2H2,1H3,(H,15,16). The van der Waals surface area contributed by atoms with Crippen LogP contribution in [0.5, 0.6) is 5.75 Å². The van der Waals surface area contributed by atoms with Crippen LogP contribution in [0.15, 0.2) is 18.2 Å². The lowest BCUT2D eigenvalue weighted by Crippen LogP contribution is -2.18. The van der Waals surface area contributed by atoms with Crippen LogP contribution in [-0.2, 0) is 4.79 Å². The summed E-state index contributed by atoms with van der Waals surface area (Å²) in [6.45, 7) is 1.59. The molecule has 0 bridgehead atoms. The number of nitrogens with one attached hydrogen (secondary N) is 1. The van der Waals surface area contributed by atoms with E-state index in [0.29, 0.717) is 0 Å². The number of carbonyl (C=O) groups excluding carboxylic acids is 1. The van der Waals surface area contributed by atoms with Crippen LogP contribution in [0.2, 0.25) is 0 Å². The highest BCUT2D eigenvalue weighted by atomic mass is 19.4. The zero-order chi connectivity index (χ0) is 13.1. The zero-order valence-corrected chi connectivity index (χ0v) is 8.77. The molecule has 0 heterocycles. The van der Waals surface area contributed by atoms with Gasteiger partial charge in [0.1, 0.15) is 0 Å². The molecule has 0 aliphatic carbocycles. The molecule has 0 spiro atoms. The molecular formula is C10H9F4NO2. The van der Waals surface area contributed by atoms with Gasteiger partial charge in [-0.3, -0.25) is 4.79 Å². The number of amides is 1. The number of halogens is 4. The number of benzene rings is 1. The van der Waals surface area contributed by atoms with Crippen molar-refractivity contribution in [2.45, 2.75) is 19.7 Å². The average Bonchev–Trinajstić information content (AvgIpc) is 2.20. The molecule has 0 aliphatic heterocycles. The van der Waals surface area contributed by atoms with Gasteiger partial charge < -0.3 is 10.1 Å². The van der Waals surface area contributed by atoms with Crippen LogP contribution in [0, 0.1) is 5.82 Å². The Balaban J connectivity index is 2.83. The van der Waals surface area contributed by atoms with Crippen LogP contribution in [0.1, 0.15) is 13.3 Å². The van der Waals surface area contributed by atoms with E-state index in [1.165, 1.54) is 0 Å². The molecule has 17 heavy (non-hydrogen) atoms. The zero-order valence-electron chi connectivity index (χ0n) is 8.77. The van der Waals surface area contributed by atoms with Crippen molar-refractivity contribution in [1.29, 1.82) is 0 Å². The molecule has 0 unspecified atom stereocenters. The summed E-state index contributed by atoms with van der Waals surface area (Å²) < 4.78 is 52.1. The Kier molecular flexibility index (Phi) is 3.93. The Hall–Kier alpha value is -1.79. The molecule has 1 N–H and O–H groups in total. The van der Waals surface area contributed by atoms with Crippen LogP contribution < -0.4 is 10.1 Å². The summed E-state index contributed by atoms with van der Waals surface area (Å²) in [6.07, 6.45) is -4.77. The Morgan fingerprint density at radius 1 is 1.41 bits per heavy atom. The van der Waals surface area contributed by atoms with Gasteiger partial charge in [0.15, 0.2) is 11.6 Å². The minimum atomic E-state index is -4.95. The molecule has 1 aromatic carbocycles. The Morgan fingerprint density at radius 2 is 2.06 bits per heavy atom. The van der Waals surface area contributed by atoms with Crippen molar-refractivity contribution in [3.8, 4) is 5.75 Å². The van der Waals surface area contributed by atoms with E-state index in [1.807, 2.05) is 0 Å². The van der Waals surface area contributed by atoms with Gasteiger partial charge in [-0.15, -0.1) is 13.2 Å². The first kappa shape index (κ1) is 13.3. The van der Waals surface area contributed by atoms with Crippen LogP contribution in [0.3, 0.4) is 0 Å². The molecule has 0 aromatic heterocycles. The first-order chi connectivity index (χ1) is 7.81. The lowest BCUT2D eigenvalue weighted by atomic mass is 10.3. The smallest absolute Gasteiger partial charge is 0.403 e. The van der Waals surface area contributed by atoms with Crippen molar-refractivity contribution in [3.05, 3.63) is 24.0 Å². The Labute approximate surface area is 94.4 Å². The van der Waals surface area contributed by atoms with Gasteiger partial charge in [0.05, 0.1) is 0 Å². The Bertz CT molecular complexity index is 417. The predicted octanol–water partition coefficient (Wildman–Crippen LogP) is 3.07. The van der Waals surface area contributed by atoms with Gasteiger partial charge in [-0.2, -0.15) is 0 Å². The van der Waals surface area contributed by atoms with E-state index in [4.69, 9.17) is 0 Å². The summed E-state index contributed by atoms with van der Waals surface area (Å²) in [5.74, 6) is -2.50. The van der Waals surface area contributed by atoms with Crippen molar-refractivity contribution in [2.24, 2.45) is 0 Å². The van der Waals surface area contributed by atoms with Crippen LogP contribution in [-0.4, -0.2) is 12.3 Å². The number of anilines is 1. The second kappa shape index (κ2) is 5.03. The summed E-state index contributed by atoms with van der Waals surface area (Å²) >= 11 is 0. The highest BCUT2D eigenvalue weighted by Gasteiger charge is 2.32. The van der Waals surface area contributed by atoms with Gasteiger partial charge in [-0.05, 0) is 12.1 Å². The summed E-state index contributed by atoms with van der Waals surface area (Å²) in [5, 5.41) is 2.31. The van der Waals surface area contributed by atoms with Gasteiger partial charge >= 0.3 is 6.36 Å². The van der Waals surface area contributed by atoms with Gasteiger partial charge in [0.25, 0.3) is 0 Å². The largest absolute Gasteiger partial charge is 0.573 e. The molecule has 0 atom stereocenters. The summed E-state index contributed by atoms with van der Waals surface area (Å²) in [7, 11) is 0. The maximum absolute atomic E-state index is 13.2. The fraction of sp³-hybridized carbons (Fsp3) is 0.300. The lowest BCUT2D eigenvalue weighted by molar-refractivity contribution is -0.275. The van der Waals surface area contributed by atoms with Gasteiger partial charge in [-0.25, -0.2) is 4.39 Å². The molecule has 94 valence electrons. The maximum Gasteiger partial charge on any atom is 0.573 e. The molecule has 0 aliphatic rings. The molecule has 0 saturated carbocycles. The highest BCUT2D eigenvalue weighted by Crippen LogP contribution is 2.27. The van der Waals surface area contributed by atoms with E-state index < -0.39 is 17.9 Å². The third kappa shape index (κ3) is 4.29. The number of rotatable bonds is 3. The van der Waals surface area contributed by atoms with Crippen molar-refractivity contribution in [1.82, 2.24) is 0 Å². The van der Waals surface area contributed by atoms with Crippen LogP contribution >= 0.6 is 0 Å². The van der Waals surface area contributed by atoms with E-state index in [9.17, 15) is 22.4 Å². The van der Waals surface area contributed by atoms with E-state index in [0.717, 1.165) is 18.2 Å². The minimum absolute atomic E-state index is 0.0730. The van der Waals surface area contributed by atoms with Crippen molar-refractivity contribution >= 4 is 11.6 Å². The SMILES string of the molecule is CCC(=O)Nc1ccc(OC(F)(F)F)c(F)c1. The molecule has 1 rings (SSSR count). The second-order valence-corrected chi connectivity index (χ2v) is 3.09. The summed E-state index contributed by atoms with van der Waals surface area (Å²) in [5.41, 5.74) is 0.0730. The van der Waals surface area contributed by atoms with E-state index in [2.05, 4.69) is 10.1 Å². The fourth-order valence-corrected chi connectivity index (χ4v) is 1.04. The number of alkyl halides is 3. The third-order valence-corrected chi connectivity index (χ3v) is 1.76. The molecule has 0 saturated heterocycles. The van der Waals surface area contributed by atoms with Gasteiger partial charge in [0, 0.05) is 18.2 Å². The maximum atomic E-state index is 13.2. The van der Waals surface area contributed by atoms with Crippen molar-refractivity contribution in [2.75, 3.05) is 5.32 Å². The molecule has 1 amide bonds. The van der Waals surface area contributed by atoms with Gasteiger partial charge in [0.2, 0.25) is 5.91 Å². The van der Waals surface area contributed by atoms with E-state index in [-0.39, 0.29) is 18.0 Å². The fourth-order valence-electron chi connectivity index (χ4n) is 1.04. The number of hydrogen-bond donors (Lipinski definition) is 1. The minimum Gasteiger partial charge on any atom is -0.403 e. The average molecular weight is 251 g/mol. The summed E-state index contributed by atoms with van der Waals surface area (Å²) in [6, 6.07) is 2.68. The molecule has 1 aromatic rings. The van der Waals surface area contributed by atoms with E-state index in [1.54, 1.807) is 6.92 Å². The van der Waals surface area contributed by atoms with Crippen LogP contribution in [0.4, 0.5) is 23.2 Å². The number of ether oxygens (including phenoxy) is 1. The first-order valence-corrected chi connectivity index (χ1v) is 4.67. The number of carbonyl (C=O) groups is 1. The van der Waals surface area contributed by atoms with Crippen molar-refractivity contribution < 1.29 is 27.1 Å². The lowest BCUT2D eigenvalue weighted by Gasteiger charge is -2.10. The molecular weight excluding hydrogens is 242 g/mol. The first-order valence-electron chi connectivity index (χ1n) is 4.67. The summed E-state index contributed by atoms with van der Waals surface area (Å²) in [4.78, 5) is 11.0. The predicted molar refractivity (Wildman–Crippen MR) is 52.0 cm³/mol. The number of hydrogen-bond acceptors (Lipinski definition) is 2. The molecule has 0 fully saturated rings. The quantitative estimate of drug-likeness (QED) is 0.838. The third-order valence-electron chi connectivity index (χ3n) is 1.76. The van der Waals surface area contributed by atoms with E-state index >= 15 is 0 Å². The second-order valence-electron chi connectivity index (χ2n) is 3.09. The topological polar surface area (TPSA) is 38.3 Å². The molecule has 3 nitrogen and oxygen atoms in total. The molecule has 7 heteroatoms. The van der Waals surface area contributed by atoms with Crippen LogP contribution in [0.25, 0.3) is 0 Å². The highest BCUT2D eigenvalue weighted by molar-refractivity contribution is 5.90. The Morgan fingerprint density at radius 3 is 2.53 bits per heavy atom. The van der Waals surface area contributed by atoms with Gasteiger partial charge in [-0.1, -0.05) is 6.92 Å². The van der Waals surface area contributed by atoms with Crippen molar-refractivity contribution in [3.63, 3.8) is 0 Å².